The molecular formula is C32H38FN3O6. The summed E-state index contributed by atoms with van der Waals surface area (Å²) >= 11 is 0. The summed E-state index contributed by atoms with van der Waals surface area (Å²) in [6.45, 7) is 4.89. The van der Waals surface area contributed by atoms with Crippen molar-refractivity contribution in [3.8, 4) is 22.5 Å². The molecule has 0 atom stereocenters. The minimum atomic E-state index is -0.917. The maximum Gasteiger partial charge on any atom is 0.255 e. The van der Waals surface area contributed by atoms with Crippen molar-refractivity contribution < 1.29 is 33.7 Å². The van der Waals surface area contributed by atoms with Gasteiger partial charge in [-0.05, 0) is 62.9 Å². The van der Waals surface area contributed by atoms with Gasteiger partial charge >= 0.3 is 0 Å². The summed E-state index contributed by atoms with van der Waals surface area (Å²) in [4.78, 5) is 26.5. The van der Waals surface area contributed by atoms with Crippen molar-refractivity contribution in [1.29, 1.82) is 0 Å². The number of nitrogens with zero attached hydrogens (tertiary/aromatic N) is 1. The number of nitrogens with one attached hydrogen (secondary N) is 2. The second kappa shape index (κ2) is 14.7. The van der Waals surface area contributed by atoms with Crippen LogP contribution in [0.25, 0.3) is 33.4 Å². The summed E-state index contributed by atoms with van der Waals surface area (Å²) in [6, 6.07) is 17.1. The summed E-state index contributed by atoms with van der Waals surface area (Å²) in [5.41, 5.74) is 3.92. The number of carbonyl (C=O) groups is 2. The number of fused-ring (bicyclic) bond motifs is 1. The van der Waals surface area contributed by atoms with Crippen molar-refractivity contribution >= 4 is 28.8 Å². The Morgan fingerprint density at radius 3 is 2.10 bits per heavy atom. The predicted octanol–water partition coefficient (Wildman–Crippen LogP) is 3.85. The summed E-state index contributed by atoms with van der Waals surface area (Å²) in [6.07, 6.45) is 0.819. The van der Waals surface area contributed by atoms with Gasteiger partial charge in [0.2, 0.25) is 0 Å². The van der Waals surface area contributed by atoms with Gasteiger partial charge in [-0.25, -0.2) is 4.39 Å². The molecular weight excluding hydrogens is 541 g/mol. The quantitative estimate of drug-likeness (QED) is 0.169. The highest BCUT2D eigenvalue weighted by Crippen LogP contribution is 2.41. The molecule has 0 saturated heterocycles. The van der Waals surface area contributed by atoms with Crippen LogP contribution < -0.4 is 15.5 Å². The number of benzene rings is 3. The third-order valence-corrected chi connectivity index (χ3v) is 7.24. The number of likely N-dealkylation sites (N-methyl/N-ethyl adjacent to an activating group) is 1. The highest BCUT2D eigenvalue weighted by Gasteiger charge is 2.25. The zero-order valence-corrected chi connectivity index (χ0v) is 24.3. The van der Waals surface area contributed by atoms with E-state index in [1.165, 1.54) is 12.1 Å². The van der Waals surface area contributed by atoms with Crippen LogP contribution in [0.1, 0.15) is 34.6 Å². The number of rotatable bonds is 11. The van der Waals surface area contributed by atoms with Gasteiger partial charge in [0.05, 0.1) is 30.9 Å². The average molecular weight is 580 g/mol. The fourth-order valence-corrected chi connectivity index (χ4v) is 4.51. The largest absolute Gasteiger partial charge is 0.455 e. The lowest BCUT2D eigenvalue weighted by atomic mass is 9.97. The van der Waals surface area contributed by atoms with Gasteiger partial charge in [-0.2, -0.15) is 0 Å². The van der Waals surface area contributed by atoms with Gasteiger partial charge in [0.1, 0.15) is 23.4 Å². The average Bonchev–Trinajstić information content (AvgIpc) is 3.41. The van der Waals surface area contributed by atoms with E-state index in [2.05, 4.69) is 29.4 Å². The molecule has 10 heteroatoms. The van der Waals surface area contributed by atoms with Crippen molar-refractivity contribution in [2.24, 2.45) is 0 Å². The summed E-state index contributed by atoms with van der Waals surface area (Å²) in [5.74, 6) is -0.276. The molecule has 4 rings (SSSR count). The maximum absolute atomic E-state index is 13.5. The van der Waals surface area contributed by atoms with Crippen LogP contribution in [0, 0.1) is 5.82 Å². The Morgan fingerprint density at radius 1 is 0.952 bits per heavy atom. The molecule has 0 unspecified atom stereocenters. The van der Waals surface area contributed by atoms with E-state index in [0.29, 0.717) is 33.4 Å². The topological polar surface area (TPSA) is 135 Å². The fraction of sp³-hybridized carbons (Fsp3) is 0.312. The number of anilines is 1. The Hall–Kier alpha value is -4.09. The lowest BCUT2D eigenvalue weighted by molar-refractivity contribution is 0.0481. The molecule has 9 nitrogen and oxygen atoms in total. The van der Waals surface area contributed by atoms with E-state index in [1.54, 1.807) is 32.3 Å². The molecule has 1 amide bonds. The SMILES string of the molecule is CCN(CC)c1cc2oc(-c3ccc(F)cc3)c(C(=O)NC)c2cc1-c1cccc(C=O)c1.CNC(CO)(CO)CO. The number of hydrogen-bond donors (Lipinski definition) is 5. The van der Waals surface area contributed by atoms with E-state index in [-0.39, 0.29) is 31.5 Å². The zero-order valence-electron chi connectivity index (χ0n) is 24.3. The lowest BCUT2D eigenvalue weighted by Gasteiger charge is -2.26. The molecule has 1 heterocycles. The second-order valence-electron chi connectivity index (χ2n) is 9.68. The van der Waals surface area contributed by atoms with Crippen LogP contribution in [0.4, 0.5) is 10.1 Å². The van der Waals surface area contributed by atoms with Crippen molar-refractivity contribution in [3.63, 3.8) is 0 Å². The van der Waals surface area contributed by atoms with Crippen molar-refractivity contribution in [2.75, 3.05) is 51.9 Å². The Bertz CT molecular complexity index is 1480. The minimum Gasteiger partial charge on any atom is -0.455 e. The van der Waals surface area contributed by atoms with Gasteiger partial charge < -0.3 is 35.3 Å². The van der Waals surface area contributed by atoms with Crippen LogP contribution in [0.15, 0.2) is 65.1 Å². The normalized spacial score (nSPS) is 11.1. The van der Waals surface area contributed by atoms with Crippen molar-refractivity contribution in [1.82, 2.24) is 10.6 Å². The number of amides is 1. The van der Waals surface area contributed by atoms with E-state index in [9.17, 15) is 14.0 Å². The predicted molar refractivity (Wildman–Crippen MR) is 162 cm³/mol. The first kappa shape index (κ1) is 32.4. The van der Waals surface area contributed by atoms with Crippen LogP contribution in [0.2, 0.25) is 0 Å². The molecule has 42 heavy (non-hydrogen) atoms. The Balaban J connectivity index is 0.000000467. The van der Waals surface area contributed by atoms with E-state index < -0.39 is 5.54 Å². The summed E-state index contributed by atoms with van der Waals surface area (Å²) in [7, 11) is 3.14. The van der Waals surface area contributed by atoms with Crippen molar-refractivity contribution in [3.05, 3.63) is 77.6 Å². The smallest absolute Gasteiger partial charge is 0.255 e. The highest BCUT2D eigenvalue weighted by atomic mass is 19.1. The number of hydrogen-bond acceptors (Lipinski definition) is 8. The van der Waals surface area contributed by atoms with E-state index >= 15 is 0 Å². The van der Waals surface area contributed by atoms with Gasteiger partial charge in [0.15, 0.2) is 0 Å². The van der Waals surface area contributed by atoms with Crippen LogP contribution in [-0.4, -0.2) is 80.1 Å². The summed E-state index contributed by atoms with van der Waals surface area (Å²) < 4.78 is 19.7. The number of aliphatic hydroxyl groups is 3. The number of furan rings is 1. The molecule has 0 radical (unpaired) electrons. The fourth-order valence-electron chi connectivity index (χ4n) is 4.51. The van der Waals surface area contributed by atoms with Crippen LogP contribution >= 0.6 is 0 Å². The highest BCUT2D eigenvalue weighted by molar-refractivity contribution is 6.13. The Labute approximate surface area is 244 Å². The first-order chi connectivity index (χ1) is 20.2. The molecule has 5 N–H and O–H groups in total. The monoisotopic (exact) mass is 579 g/mol. The van der Waals surface area contributed by atoms with Gasteiger partial charge in [-0.1, -0.05) is 18.2 Å². The molecule has 4 aromatic rings. The maximum atomic E-state index is 13.5. The summed E-state index contributed by atoms with van der Waals surface area (Å²) in [5, 5.41) is 31.7. The molecule has 0 aliphatic carbocycles. The van der Waals surface area contributed by atoms with Gasteiger partial charge in [-0.15, -0.1) is 0 Å². The standard InChI is InChI=1S/C27H25FN2O3.C5H13NO3/c1-4-30(5-2)23-15-24-22(14-21(23)19-8-6-7-17(13-19)16-31)25(27(32)29-3)26(33-24)18-9-11-20(28)12-10-18;1-6-5(2-7,3-8)4-9/h6-16H,4-5H2,1-3H3,(H,29,32);6-9H,2-4H2,1H3. The molecule has 0 fully saturated rings. The van der Waals surface area contributed by atoms with Crippen LogP contribution in [0.5, 0.6) is 0 Å². The first-order valence-electron chi connectivity index (χ1n) is 13.7. The molecule has 0 aliphatic heterocycles. The van der Waals surface area contributed by atoms with Gasteiger partial charge in [0.25, 0.3) is 5.91 Å². The molecule has 0 bridgehead atoms. The Kier molecular flexibility index (Phi) is 11.3. The molecule has 3 aromatic carbocycles. The molecule has 0 saturated carbocycles. The minimum absolute atomic E-state index is 0.267. The van der Waals surface area contributed by atoms with E-state index in [4.69, 9.17) is 19.7 Å². The molecule has 1 aromatic heterocycles. The molecule has 0 aliphatic rings. The van der Waals surface area contributed by atoms with Gasteiger partial charge in [0, 0.05) is 54.0 Å². The van der Waals surface area contributed by atoms with Crippen LogP contribution in [0.3, 0.4) is 0 Å². The molecule has 224 valence electrons. The number of aliphatic hydroxyl groups excluding tert-OH is 3. The number of aldehydes is 1. The lowest BCUT2D eigenvalue weighted by Crippen LogP contribution is -2.52. The number of carbonyl (C=O) groups excluding carboxylic acids is 2. The zero-order chi connectivity index (χ0) is 30.9. The second-order valence-corrected chi connectivity index (χ2v) is 9.68. The third-order valence-electron chi connectivity index (χ3n) is 7.24. The number of halogens is 1. The van der Waals surface area contributed by atoms with Crippen LogP contribution in [-0.2, 0) is 0 Å². The van der Waals surface area contributed by atoms with E-state index in [0.717, 1.165) is 36.2 Å². The van der Waals surface area contributed by atoms with E-state index in [1.807, 2.05) is 30.3 Å². The molecule has 0 spiro atoms. The Morgan fingerprint density at radius 2 is 1.60 bits per heavy atom. The van der Waals surface area contributed by atoms with Crippen molar-refractivity contribution in [2.45, 2.75) is 19.4 Å². The first-order valence-corrected chi connectivity index (χ1v) is 13.7. The third kappa shape index (κ3) is 6.85. The van der Waals surface area contributed by atoms with Gasteiger partial charge in [-0.3, -0.25) is 9.59 Å².